The quantitative estimate of drug-likeness (QED) is 0.769. The zero-order valence-electron chi connectivity index (χ0n) is 8.70. The van der Waals surface area contributed by atoms with Crippen LogP contribution in [0.1, 0.15) is 38.5 Å². The van der Waals surface area contributed by atoms with Gasteiger partial charge in [0.05, 0.1) is 6.04 Å². The molecule has 1 aromatic heterocycles. The summed E-state index contributed by atoms with van der Waals surface area (Å²) in [6.45, 7) is 6.25. The van der Waals surface area contributed by atoms with Crippen molar-refractivity contribution >= 4 is 11.8 Å². The molecule has 0 aromatic carbocycles. The van der Waals surface area contributed by atoms with E-state index in [0.29, 0.717) is 0 Å². The van der Waals surface area contributed by atoms with E-state index in [1.165, 1.54) is 0 Å². The third-order valence-electron chi connectivity index (χ3n) is 2.13. The molecule has 14 heavy (non-hydrogen) atoms. The summed E-state index contributed by atoms with van der Waals surface area (Å²) in [4.78, 5) is 4.41. The topological polar surface area (TPSA) is 51.0 Å². The highest BCUT2D eigenvalue weighted by atomic mass is 32.2. The van der Waals surface area contributed by atoms with Crippen molar-refractivity contribution in [3.05, 3.63) is 11.7 Å². The fourth-order valence-corrected chi connectivity index (χ4v) is 2.17. The van der Waals surface area contributed by atoms with Crippen molar-refractivity contribution in [3.63, 3.8) is 0 Å². The average Bonchev–Trinajstić information content (AvgIpc) is 2.73. The highest BCUT2D eigenvalue weighted by Gasteiger charge is 2.26. The highest BCUT2D eigenvalue weighted by Crippen LogP contribution is 2.25. The minimum Gasteiger partial charge on any atom is -0.338 e. The summed E-state index contributed by atoms with van der Waals surface area (Å²) < 4.78 is 5.24. The standard InChI is InChI=1S/C9H15N3OS/c1-9(2,3)8-11-7(13-12-8)6-4-14-5-10-6/h6,10H,4-5H2,1-3H3. The Morgan fingerprint density at radius 1 is 1.50 bits per heavy atom. The zero-order valence-corrected chi connectivity index (χ0v) is 9.52. The fourth-order valence-electron chi connectivity index (χ4n) is 1.24. The first-order chi connectivity index (χ1) is 6.57. The molecule has 1 aliphatic heterocycles. The molecule has 0 amide bonds. The van der Waals surface area contributed by atoms with E-state index in [-0.39, 0.29) is 11.5 Å². The van der Waals surface area contributed by atoms with Gasteiger partial charge in [-0.15, -0.1) is 11.8 Å². The van der Waals surface area contributed by atoms with Gasteiger partial charge in [0, 0.05) is 17.0 Å². The number of thioether (sulfide) groups is 1. The molecular weight excluding hydrogens is 198 g/mol. The van der Waals surface area contributed by atoms with Gasteiger partial charge in [0.2, 0.25) is 5.89 Å². The van der Waals surface area contributed by atoms with Gasteiger partial charge in [-0.25, -0.2) is 0 Å². The normalized spacial score (nSPS) is 22.9. The van der Waals surface area contributed by atoms with Crippen LogP contribution in [-0.4, -0.2) is 21.8 Å². The van der Waals surface area contributed by atoms with E-state index in [4.69, 9.17) is 4.52 Å². The van der Waals surface area contributed by atoms with Crippen LogP contribution >= 0.6 is 11.8 Å². The Morgan fingerprint density at radius 3 is 2.79 bits per heavy atom. The van der Waals surface area contributed by atoms with Crippen molar-refractivity contribution < 1.29 is 4.52 Å². The Balaban J connectivity index is 2.17. The second-order valence-corrected chi connectivity index (χ2v) is 5.51. The lowest BCUT2D eigenvalue weighted by atomic mass is 9.96. The lowest BCUT2D eigenvalue weighted by molar-refractivity contribution is 0.340. The van der Waals surface area contributed by atoms with Crippen molar-refractivity contribution in [2.45, 2.75) is 32.2 Å². The summed E-state index contributed by atoms with van der Waals surface area (Å²) in [6, 6.07) is 0.239. The summed E-state index contributed by atoms with van der Waals surface area (Å²) in [5.74, 6) is 3.50. The Morgan fingerprint density at radius 2 is 2.29 bits per heavy atom. The molecule has 1 fully saturated rings. The molecule has 1 unspecified atom stereocenters. The SMILES string of the molecule is CC(C)(C)c1noc(C2CSCN2)n1. The lowest BCUT2D eigenvalue weighted by Gasteiger charge is -2.11. The molecule has 2 heterocycles. The predicted molar refractivity (Wildman–Crippen MR) is 56.2 cm³/mol. The monoisotopic (exact) mass is 213 g/mol. The number of rotatable bonds is 1. The van der Waals surface area contributed by atoms with Gasteiger partial charge in [-0.2, -0.15) is 4.98 Å². The number of hydrogen-bond donors (Lipinski definition) is 1. The van der Waals surface area contributed by atoms with Crippen LogP contribution in [0.5, 0.6) is 0 Å². The summed E-state index contributed by atoms with van der Waals surface area (Å²) >= 11 is 1.85. The van der Waals surface area contributed by atoms with E-state index in [9.17, 15) is 0 Å². The molecule has 0 spiro atoms. The Bertz CT molecular complexity index is 312. The summed E-state index contributed by atoms with van der Waals surface area (Å²) in [5, 5.41) is 7.30. The summed E-state index contributed by atoms with van der Waals surface area (Å²) in [6.07, 6.45) is 0. The van der Waals surface area contributed by atoms with E-state index < -0.39 is 0 Å². The van der Waals surface area contributed by atoms with Crippen LogP contribution in [0.15, 0.2) is 4.52 Å². The molecule has 0 bridgehead atoms. The van der Waals surface area contributed by atoms with E-state index >= 15 is 0 Å². The van der Waals surface area contributed by atoms with Crippen molar-refractivity contribution in [2.75, 3.05) is 11.6 Å². The highest BCUT2D eigenvalue weighted by molar-refractivity contribution is 7.99. The number of nitrogens with zero attached hydrogens (tertiary/aromatic N) is 2. The zero-order chi connectivity index (χ0) is 10.2. The third-order valence-corrected chi connectivity index (χ3v) is 3.07. The van der Waals surface area contributed by atoms with Gasteiger partial charge in [-0.3, -0.25) is 5.32 Å². The Labute approximate surface area is 87.8 Å². The molecule has 2 rings (SSSR count). The Kier molecular flexibility index (Phi) is 2.53. The van der Waals surface area contributed by atoms with Crippen molar-refractivity contribution in [1.82, 2.24) is 15.5 Å². The maximum atomic E-state index is 5.24. The second-order valence-electron chi connectivity index (χ2n) is 4.48. The molecule has 1 atom stereocenters. The second kappa shape index (κ2) is 3.55. The van der Waals surface area contributed by atoms with Gasteiger partial charge in [0.15, 0.2) is 5.82 Å². The summed E-state index contributed by atoms with van der Waals surface area (Å²) in [5.41, 5.74) is -0.0342. The first-order valence-electron chi connectivity index (χ1n) is 4.72. The number of aromatic nitrogens is 2. The molecule has 1 N–H and O–H groups in total. The minimum atomic E-state index is -0.0342. The average molecular weight is 213 g/mol. The third kappa shape index (κ3) is 1.93. The first-order valence-corrected chi connectivity index (χ1v) is 5.88. The molecular formula is C9H15N3OS. The molecule has 1 aliphatic rings. The molecule has 1 saturated heterocycles. The van der Waals surface area contributed by atoms with Crippen LogP contribution in [-0.2, 0) is 5.41 Å². The summed E-state index contributed by atoms with van der Waals surface area (Å²) in [7, 11) is 0. The van der Waals surface area contributed by atoms with Crippen LogP contribution in [0, 0.1) is 0 Å². The largest absolute Gasteiger partial charge is 0.338 e. The van der Waals surface area contributed by atoms with E-state index in [1.54, 1.807) is 0 Å². The molecule has 78 valence electrons. The van der Waals surface area contributed by atoms with Gasteiger partial charge in [0.25, 0.3) is 0 Å². The Hall–Kier alpha value is -0.550. The number of nitrogens with one attached hydrogen (secondary N) is 1. The van der Waals surface area contributed by atoms with Gasteiger partial charge in [-0.05, 0) is 0 Å². The van der Waals surface area contributed by atoms with Crippen molar-refractivity contribution in [2.24, 2.45) is 0 Å². The van der Waals surface area contributed by atoms with Crippen LogP contribution in [0.3, 0.4) is 0 Å². The maximum absolute atomic E-state index is 5.24. The fraction of sp³-hybridized carbons (Fsp3) is 0.778. The first kappa shape index (κ1) is 9.98. The predicted octanol–water partition coefficient (Wildman–Crippen LogP) is 1.70. The van der Waals surface area contributed by atoms with Gasteiger partial charge >= 0.3 is 0 Å². The van der Waals surface area contributed by atoms with Crippen molar-refractivity contribution in [3.8, 4) is 0 Å². The van der Waals surface area contributed by atoms with Crippen LogP contribution in [0.2, 0.25) is 0 Å². The van der Waals surface area contributed by atoms with Crippen LogP contribution in [0.4, 0.5) is 0 Å². The van der Waals surface area contributed by atoms with Crippen LogP contribution in [0.25, 0.3) is 0 Å². The van der Waals surface area contributed by atoms with Gasteiger partial charge in [0.1, 0.15) is 0 Å². The number of hydrogen-bond acceptors (Lipinski definition) is 5. The molecule has 1 aromatic rings. The molecule has 0 aliphatic carbocycles. The van der Waals surface area contributed by atoms with Gasteiger partial charge < -0.3 is 4.52 Å². The van der Waals surface area contributed by atoms with E-state index in [1.807, 2.05) is 11.8 Å². The molecule has 5 heteroatoms. The molecule has 0 radical (unpaired) electrons. The lowest BCUT2D eigenvalue weighted by Crippen LogP contribution is -2.16. The van der Waals surface area contributed by atoms with E-state index in [2.05, 4.69) is 36.2 Å². The molecule has 0 saturated carbocycles. The molecule has 4 nitrogen and oxygen atoms in total. The maximum Gasteiger partial charge on any atom is 0.244 e. The van der Waals surface area contributed by atoms with Gasteiger partial charge in [-0.1, -0.05) is 25.9 Å². The smallest absolute Gasteiger partial charge is 0.244 e. The minimum absolute atomic E-state index is 0.0342. The van der Waals surface area contributed by atoms with Crippen molar-refractivity contribution in [1.29, 1.82) is 0 Å². The van der Waals surface area contributed by atoms with E-state index in [0.717, 1.165) is 23.3 Å². The van der Waals surface area contributed by atoms with Crippen LogP contribution < -0.4 is 5.32 Å².